The predicted molar refractivity (Wildman–Crippen MR) is 79.7 cm³/mol. The number of fused-ring (bicyclic) bond motifs is 1. The number of thiophene rings is 1. The third-order valence-electron chi connectivity index (χ3n) is 3.71. The fourth-order valence-electron chi connectivity index (χ4n) is 2.71. The first-order chi connectivity index (χ1) is 9.58. The van der Waals surface area contributed by atoms with Gasteiger partial charge in [-0.3, -0.25) is 0 Å². The van der Waals surface area contributed by atoms with E-state index in [-0.39, 0.29) is 6.10 Å². The SMILES string of the molecule is COc1ccc2c(c1)OC(c1cc(C)sc1C)CC2O. The fraction of sp³-hybridized carbons (Fsp3) is 0.375. The minimum Gasteiger partial charge on any atom is -0.497 e. The van der Waals surface area contributed by atoms with Gasteiger partial charge in [-0.1, -0.05) is 0 Å². The maximum Gasteiger partial charge on any atom is 0.129 e. The highest BCUT2D eigenvalue weighted by atomic mass is 32.1. The molecule has 1 aromatic heterocycles. The van der Waals surface area contributed by atoms with Crippen molar-refractivity contribution in [3.8, 4) is 11.5 Å². The Balaban J connectivity index is 1.96. The molecule has 1 N–H and O–H groups in total. The standard InChI is InChI=1S/C16H18O3S/c1-9-6-13(10(2)20-9)16-8-14(17)12-5-4-11(18-3)7-15(12)19-16/h4-7,14,16-17H,8H2,1-3H3. The molecule has 0 saturated heterocycles. The lowest BCUT2D eigenvalue weighted by molar-refractivity contribution is 0.0654. The van der Waals surface area contributed by atoms with Crippen molar-refractivity contribution in [2.45, 2.75) is 32.5 Å². The van der Waals surface area contributed by atoms with Crippen molar-refractivity contribution >= 4 is 11.3 Å². The van der Waals surface area contributed by atoms with E-state index in [9.17, 15) is 5.11 Å². The quantitative estimate of drug-likeness (QED) is 0.910. The second kappa shape index (κ2) is 5.11. The van der Waals surface area contributed by atoms with Crippen molar-refractivity contribution in [3.63, 3.8) is 0 Å². The zero-order chi connectivity index (χ0) is 14.3. The predicted octanol–water partition coefficient (Wildman–Crippen LogP) is 3.93. The third-order valence-corrected chi connectivity index (χ3v) is 4.69. The van der Waals surface area contributed by atoms with E-state index in [0.717, 1.165) is 17.1 Å². The summed E-state index contributed by atoms with van der Waals surface area (Å²) in [6, 6.07) is 7.73. The van der Waals surface area contributed by atoms with E-state index in [4.69, 9.17) is 9.47 Å². The molecule has 3 nitrogen and oxygen atoms in total. The molecule has 0 fully saturated rings. The monoisotopic (exact) mass is 290 g/mol. The summed E-state index contributed by atoms with van der Waals surface area (Å²) in [7, 11) is 1.63. The summed E-state index contributed by atoms with van der Waals surface area (Å²) in [4.78, 5) is 2.53. The Kier molecular flexibility index (Phi) is 3.44. The van der Waals surface area contributed by atoms with Gasteiger partial charge in [-0.25, -0.2) is 0 Å². The summed E-state index contributed by atoms with van der Waals surface area (Å²) < 4.78 is 11.3. The highest BCUT2D eigenvalue weighted by molar-refractivity contribution is 7.12. The second-order valence-electron chi connectivity index (χ2n) is 5.13. The number of aliphatic hydroxyl groups excluding tert-OH is 1. The first-order valence-electron chi connectivity index (χ1n) is 6.68. The lowest BCUT2D eigenvalue weighted by Gasteiger charge is -2.30. The van der Waals surface area contributed by atoms with E-state index in [1.54, 1.807) is 18.4 Å². The third kappa shape index (κ3) is 2.30. The minimum atomic E-state index is -0.491. The van der Waals surface area contributed by atoms with Crippen LogP contribution in [0.1, 0.15) is 39.5 Å². The van der Waals surface area contributed by atoms with Gasteiger partial charge in [0, 0.05) is 33.4 Å². The molecule has 0 radical (unpaired) electrons. The molecule has 1 aliphatic heterocycles. The van der Waals surface area contributed by atoms with Crippen LogP contribution in [0.4, 0.5) is 0 Å². The van der Waals surface area contributed by atoms with Crippen LogP contribution in [-0.2, 0) is 0 Å². The van der Waals surface area contributed by atoms with Gasteiger partial charge in [-0.05, 0) is 32.0 Å². The first kappa shape index (κ1) is 13.5. The molecule has 4 heteroatoms. The van der Waals surface area contributed by atoms with Crippen LogP contribution in [0.5, 0.6) is 11.5 Å². The van der Waals surface area contributed by atoms with Crippen molar-refractivity contribution < 1.29 is 14.6 Å². The number of aryl methyl sites for hydroxylation is 2. The number of aliphatic hydroxyl groups is 1. The van der Waals surface area contributed by atoms with Crippen molar-refractivity contribution in [1.29, 1.82) is 0 Å². The van der Waals surface area contributed by atoms with Crippen molar-refractivity contribution in [2.75, 3.05) is 7.11 Å². The zero-order valence-electron chi connectivity index (χ0n) is 11.8. The van der Waals surface area contributed by atoms with Gasteiger partial charge >= 0.3 is 0 Å². The van der Waals surface area contributed by atoms with Crippen molar-refractivity contribution in [3.05, 3.63) is 45.1 Å². The maximum absolute atomic E-state index is 10.3. The topological polar surface area (TPSA) is 38.7 Å². The summed E-state index contributed by atoms with van der Waals surface area (Å²) in [5.74, 6) is 1.46. The van der Waals surface area contributed by atoms with E-state index in [2.05, 4.69) is 19.9 Å². The average molecular weight is 290 g/mol. The average Bonchev–Trinajstić information content (AvgIpc) is 2.77. The molecule has 1 aliphatic rings. The van der Waals surface area contributed by atoms with Crippen molar-refractivity contribution in [2.24, 2.45) is 0 Å². The maximum atomic E-state index is 10.3. The highest BCUT2D eigenvalue weighted by Gasteiger charge is 2.29. The van der Waals surface area contributed by atoms with E-state index in [0.29, 0.717) is 6.42 Å². The Bertz CT molecular complexity index is 633. The zero-order valence-corrected chi connectivity index (χ0v) is 12.7. The van der Waals surface area contributed by atoms with Crippen LogP contribution in [0.15, 0.2) is 24.3 Å². The smallest absolute Gasteiger partial charge is 0.129 e. The van der Waals surface area contributed by atoms with E-state index >= 15 is 0 Å². The Morgan fingerprint density at radius 3 is 2.70 bits per heavy atom. The van der Waals surface area contributed by atoms with Crippen LogP contribution in [-0.4, -0.2) is 12.2 Å². The molecule has 2 heterocycles. The first-order valence-corrected chi connectivity index (χ1v) is 7.49. The molecule has 0 saturated carbocycles. The molecule has 0 aliphatic carbocycles. The number of rotatable bonds is 2. The number of methoxy groups -OCH3 is 1. The fourth-order valence-corrected chi connectivity index (χ4v) is 3.69. The molecule has 1 aromatic carbocycles. The molecule has 106 valence electrons. The van der Waals surface area contributed by atoms with Crippen LogP contribution in [0, 0.1) is 13.8 Å². The van der Waals surface area contributed by atoms with Crippen LogP contribution < -0.4 is 9.47 Å². The molecule has 0 spiro atoms. The van der Waals surface area contributed by atoms with Gasteiger partial charge in [0.25, 0.3) is 0 Å². The lowest BCUT2D eigenvalue weighted by atomic mass is 9.95. The lowest BCUT2D eigenvalue weighted by Crippen LogP contribution is -2.19. The summed E-state index contributed by atoms with van der Waals surface area (Å²) in [6.45, 7) is 4.20. The molecular weight excluding hydrogens is 272 g/mol. The van der Waals surface area contributed by atoms with Gasteiger partial charge in [0.05, 0.1) is 13.2 Å². The summed E-state index contributed by atoms with van der Waals surface area (Å²) in [6.07, 6.45) is 0.0138. The molecular formula is C16H18O3S. The summed E-state index contributed by atoms with van der Waals surface area (Å²) in [5, 5.41) is 10.3. The van der Waals surface area contributed by atoms with Crippen LogP contribution in [0.2, 0.25) is 0 Å². The van der Waals surface area contributed by atoms with Crippen LogP contribution in [0.25, 0.3) is 0 Å². The second-order valence-corrected chi connectivity index (χ2v) is 6.59. The minimum absolute atomic E-state index is 0.0884. The van der Waals surface area contributed by atoms with Crippen LogP contribution >= 0.6 is 11.3 Å². The Hall–Kier alpha value is -1.52. The number of benzene rings is 1. The van der Waals surface area contributed by atoms with E-state index < -0.39 is 6.10 Å². The van der Waals surface area contributed by atoms with E-state index in [1.807, 2.05) is 18.2 Å². The molecule has 20 heavy (non-hydrogen) atoms. The number of hydrogen-bond donors (Lipinski definition) is 1. The summed E-state index contributed by atoms with van der Waals surface area (Å²) in [5.41, 5.74) is 2.02. The number of hydrogen-bond acceptors (Lipinski definition) is 4. The van der Waals surface area contributed by atoms with Gasteiger partial charge in [-0.15, -0.1) is 11.3 Å². The van der Waals surface area contributed by atoms with Crippen molar-refractivity contribution in [1.82, 2.24) is 0 Å². The number of ether oxygens (including phenoxy) is 2. The molecule has 0 bridgehead atoms. The molecule has 0 amide bonds. The van der Waals surface area contributed by atoms with Gasteiger partial charge in [0.1, 0.15) is 17.6 Å². The summed E-state index contributed by atoms with van der Waals surface area (Å²) >= 11 is 1.77. The Labute approximate surface area is 122 Å². The Morgan fingerprint density at radius 1 is 1.25 bits per heavy atom. The van der Waals surface area contributed by atoms with Gasteiger partial charge in [-0.2, -0.15) is 0 Å². The largest absolute Gasteiger partial charge is 0.497 e. The highest BCUT2D eigenvalue weighted by Crippen LogP contribution is 2.43. The molecule has 2 aromatic rings. The molecule has 2 atom stereocenters. The van der Waals surface area contributed by atoms with Gasteiger partial charge < -0.3 is 14.6 Å². The van der Waals surface area contributed by atoms with Gasteiger partial charge in [0.2, 0.25) is 0 Å². The normalized spacial score (nSPS) is 21.2. The van der Waals surface area contributed by atoms with Gasteiger partial charge in [0.15, 0.2) is 0 Å². The van der Waals surface area contributed by atoms with Crippen LogP contribution in [0.3, 0.4) is 0 Å². The molecule has 3 rings (SSSR count). The van der Waals surface area contributed by atoms with E-state index in [1.165, 1.54) is 15.3 Å². The Morgan fingerprint density at radius 2 is 2.05 bits per heavy atom. The molecule has 2 unspecified atom stereocenters.